The fraction of sp³-hybridized carbons (Fsp3) is 0.467. The van der Waals surface area contributed by atoms with Gasteiger partial charge in [0.15, 0.2) is 6.10 Å². The monoisotopic (exact) mass is 294 g/mol. The summed E-state index contributed by atoms with van der Waals surface area (Å²) in [4.78, 5) is 12.3. The number of rotatable bonds is 7. The van der Waals surface area contributed by atoms with Gasteiger partial charge in [0.05, 0.1) is 0 Å². The van der Waals surface area contributed by atoms with Crippen LogP contribution in [0.15, 0.2) is 24.3 Å². The van der Waals surface area contributed by atoms with E-state index in [0.717, 1.165) is 18.4 Å². The molecule has 1 aromatic rings. The summed E-state index contributed by atoms with van der Waals surface area (Å²) in [5, 5.41) is 2.96. The number of carbonyl (C=O) groups is 1. The first-order valence-corrected chi connectivity index (χ1v) is 7.25. The Morgan fingerprint density at radius 3 is 2.30 bits per heavy atom. The Morgan fingerprint density at radius 1 is 1.30 bits per heavy atom. The van der Waals surface area contributed by atoms with Crippen molar-refractivity contribution in [3.8, 4) is 5.75 Å². The summed E-state index contributed by atoms with van der Waals surface area (Å²) in [6.07, 6.45) is 1.29. The van der Waals surface area contributed by atoms with Crippen molar-refractivity contribution in [3.05, 3.63) is 29.8 Å². The van der Waals surface area contributed by atoms with Gasteiger partial charge in [-0.25, -0.2) is 0 Å². The van der Waals surface area contributed by atoms with Gasteiger partial charge in [-0.2, -0.15) is 0 Å². The van der Waals surface area contributed by atoms with Crippen molar-refractivity contribution >= 4 is 23.1 Å². The van der Waals surface area contributed by atoms with Gasteiger partial charge in [-0.3, -0.25) is 4.79 Å². The van der Waals surface area contributed by atoms with Crippen LogP contribution in [0, 0.1) is 0 Å². The third-order valence-corrected chi connectivity index (χ3v) is 3.39. The number of ether oxygens (including phenoxy) is 1. The molecule has 0 saturated heterocycles. The molecule has 110 valence electrons. The Labute approximate surface area is 125 Å². The highest BCUT2D eigenvalue weighted by Crippen LogP contribution is 2.14. The predicted octanol–water partition coefficient (Wildman–Crippen LogP) is 2.39. The number of hydrogen-bond donors (Lipinski definition) is 2. The van der Waals surface area contributed by atoms with Crippen LogP contribution >= 0.6 is 12.2 Å². The van der Waals surface area contributed by atoms with Crippen molar-refractivity contribution in [2.75, 3.05) is 0 Å². The molecule has 1 aromatic carbocycles. The molecule has 0 saturated carbocycles. The van der Waals surface area contributed by atoms with Crippen molar-refractivity contribution in [3.63, 3.8) is 0 Å². The van der Waals surface area contributed by atoms with Gasteiger partial charge in [0.2, 0.25) is 0 Å². The summed E-state index contributed by atoms with van der Waals surface area (Å²) in [6, 6.07) is 7.28. The molecule has 0 aliphatic heterocycles. The Bertz CT molecular complexity index is 455. The number of nitrogens with one attached hydrogen (secondary N) is 1. The van der Waals surface area contributed by atoms with Gasteiger partial charge in [-0.15, -0.1) is 0 Å². The van der Waals surface area contributed by atoms with Crippen LogP contribution in [-0.4, -0.2) is 23.0 Å². The van der Waals surface area contributed by atoms with Crippen LogP contribution in [0.4, 0.5) is 0 Å². The minimum atomic E-state index is -0.536. The molecule has 4 nitrogen and oxygen atoms in total. The topological polar surface area (TPSA) is 64.3 Å². The summed E-state index contributed by atoms with van der Waals surface area (Å²) < 4.78 is 5.60. The Kier molecular flexibility index (Phi) is 6.45. The fourth-order valence-electron chi connectivity index (χ4n) is 1.77. The molecule has 0 aliphatic rings. The normalized spacial score (nSPS) is 12.0. The number of nitrogens with two attached hydrogens (primary N) is 1. The van der Waals surface area contributed by atoms with Crippen molar-refractivity contribution in [1.29, 1.82) is 0 Å². The summed E-state index contributed by atoms with van der Waals surface area (Å²) in [5.74, 6) is 0.523. The van der Waals surface area contributed by atoms with Gasteiger partial charge < -0.3 is 15.8 Å². The maximum Gasteiger partial charge on any atom is 0.260 e. The van der Waals surface area contributed by atoms with Crippen molar-refractivity contribution in [1.82, 2.24) is 5.32 Å². The highest BCUT2D eigenvalue weighted by molar-refractivity contribution is 7.80. The van der Waals surface area contributed by atoms with Crippen LogP contribution in [0.1, 0.15) is 39.2 Å². The number of amides is 1. The summed E-state index contributed by atoms with van der Waals surface area (Å²) >= 11 is 4.88. The Morgan fingerprint density at radius 2 is 1.85 bits per heavy atom. The van der Waals surface area contributed by atoms with Crippen LogP contribution in [0.5, 0.6) is 5.75 Å². The lowest BCUT2D eigenvalue weighted by molar-refractivity contribution is -0.128. The Balaban J connectivity index is 2.58. The molecule has 0 radical (unpaired) electrons. The Hall–Kier alpha value is -1.62. The van der Waals surface area contributed by atoms with E-state index in [9.17, 15) is 4.79 Å². The van der Waals surface area contributed by atoms with E-state index in [1.807, 2.05) is 0 Å². The first kappa shape index (κ1) is 16.4. The molecule has 3 N–H and O–H groups in total. The van der Waals surface area contributed by atoms with Gasteiger partial charge in [0, 0.05) is 11.6 Å². The molecule has 0 fully saturated rings. The lowest BCUT2D eigenvalue weighted by Gasteiger charge is -2.19. The van der Waals surface area contributed by atoms with E-state index in [1.165, 1.54) is 0 Å². The second-order valence-electron chi connectivity index (χ2n) is 4.67. The number of hydrogen-bond acceptors (Lipinski definition) is 3. The van der Waals surface area contributed by atoms with Crippen LogP contribution in [-0.2, 0) is 4.79 Å². The van der Waals surface area contributed by atoms with Gasteiger partial charge in [-0.05, 0) is 44.0 Å². The summed E-state index contributed by atoms with van der Waals surface area (Å²) in [6.45, 7) is 5.84. The van der Waals surface area contributed by atoms with Crippen LogP contribution in [0.3, 0.4) is 0 Å². The molecular weight excluding hydrogens is 272 g/mol. The molecule has 1 unspecified atom stereocenters. The van der Waals surface area contributed by atoms with E-state index in [4.69, 9.17) is 22.7 Å². The molecule has 1 amide bonds. The molecular formula is C15H22N2O2S. The summed E-state index contributed by atoms with van der Waals surface area (Å²) in [5.41, 5.74) is 6.30. The third kappa shape index (κ3) is 4.81. The van der Waals surface area contributed by atoms with E-state index in [2.05, 4.69) is 19.2 Å². The van der Waals surface area contributed by atoms with E-state index >= 15 is 0 Å². The fourth-order valence-corrected chi connectivity index (χ4v) is 1.90. The zero-order valence-corrected chi connectivity index (χ0v) is 13.0. The zero-order chi connectivity index (χ0) is 15.1. The maximum absolute atomic E-state index is 12.0. The molecule has 0 heterocycles. The number of benzene rings is 1. The van der Waals surface area contributed by atoms with E-state index in [1.54, 1.807) is 31.2 Å². The first-order chi connectivity index (χ1) is 9.47. The largest absolute Gasteiger partial charge is 0.481 e. The molecule has 20 heavy (non-hydrogen) atoms. The molecule has 1 atom stereocenters. The smallest absolute Gasteiger partial charge is 0.260 e. The predicted molar refractivity (Wildman–Crippen MR) is 84.9 cm³/mol. The second kappa shape index (κ2) is 7.85. The average molecular weight is 294 g/mol. The zero-order valence-electron chi connectivity index (χ0n) is 12.2. The standard InChI is InChI=1S/C15H22N2O2S/c1-4-12(5-2)17-15(18)10(3)19-13-8-6-11(7-9-13)14(16)20/h6-10,12H,4-5H2,1-3H3,(H2,16,20)(H,17,18). The minimum absolute atomic E-state index is 0.0999. The highest BCUT2D eigenvalue weighted by atomic mass is 32.1. The van der Waals surface area contributed by atoms with Crippen LogP contribution in [0.2, 0.25) is 0 Å². The SMILES string of the molecule is CCC(CC)NC(=O)C(C)Oc1ccc(C(N)=S)cc1. The molecule has 0 aromatic heterocycles. The lowest BCUT2D eigenvalue weighted by Crippen LogP contribution is -2.42. The van der Waals surface area contributed by atoms with Gasteiger partial charge in [0.1, 0.15) is 10.7 Å². The second-order valence-corrected chi connectivity index (χ2v) is 5.11. The molecule has 5 heteroatoms. The van der Waals surface area contributed by atoms with Gasteiger partial charge in [-0.1, -0.05) is 26.1 Å². The maximum atomic E-state index is 12.0. The lowest BCUT2D eigenvalue weighted by atomic mass is 10.1. The van der Waals surface area contributed by atoms with Gasteiger partial charge >= 0.3 is 0 Å². The van der Waals surface area contributed by atoms with Gasteiger partial charge in [0.25, 0.3) is 5.91 Å². The van der Waals surface area contributed by atoms with Crippen molar-refractivity contribution < 1.29 is 9.53 Å². The summed E-state index contributed by atoms with van der Waals surface area (Å²) in [7, 11) is 0. The van der Waals surface area contributed by atoms with Crippen molar-refractivity contribution in [2.24, 2.45) is 5.73 Å². The van der Waals surface area contributed by atoms with Crippen LogP contribution < -0.4 is 15.8 Å². The van der Waals surface area contributed by atoms with E-state index in [0.29, 0.717) is 10.7 Å². The molecule has 0 bridgehead atoms. The minimum Gasteiger partial charge on any atom is -0.481 e. The average Bonchev–Trinajstić information content (AvgIpc) is 2.44. The van der Waals surface area contributed by atoms with Crippen LogP contribution in [0.25, 0.3) is 0 Å². The number of thiocarbonyl (C=S) groups is 1. The van der Waals surface area contributed by atoms with E-state index in [-0.39, 0.29) is 11.9 Å². The third-order valence-electron chi connectivity index (χ3n) is 3.15. The number of carbonyl (C=O) groups excluding carboxylic acids is 1. The highest BCUT2D eigenvalue weighted by Gasteiger charge is 2.17. The molecule has 0 aliphatic carbocycles. The molecule has 1 rings (SSSR count). The quantitative estimate of drug-likeness (QED) is 0.758. The van der Waals surface area contributed by atoms with Crippen molar-refractivity contribution in [2.45, 2.75) is 45.8 Å². The molecule has 0 spiro atoms. The van der Waals surface area contributed by atoms with E-state index < -0.39 is 6.10 Å². The first-order valence-electron chi connectivity index (χ1n) is 6.84.